The van der Waals surface area contributed by atoms with E-state index in [4.69, 9.17) is 4.74 Å². The van der Waals surface area contributed by atoms with E-state index >= 15 is 0 Å². The highest BCUT2D eigenvalue weighted by Gasteiger charge is 2.33. The van der Waals surface area contributed by atoms with E-state index in [1.165, 1.54) is 4.31 Å². The topological polar surface area (TPSA) is 61.9 Å². The number of rotatable bonds is 2. The van der Waals surface area contributed by atoms with Crippen LogP contribution in [0.4, 0.5) is 0 Å². The number of nitrogens with zero attached hydrogens (tertiary/aromatic N) is 2. The van der Waals surface area contributed by atoms with E-state index in [2.05, 4.69) is 5.32 Å². The van der Waals surface area contributed by atoms with Crippen molar-refractivity contribution in [3.63, 3.8) is 0 Å². The third kappa shape index (κ3) is 2.54. The van der Waals surface area contributed by atoms with Gasteiger partial charge >= 0.3 is 0 Å². The molecule has 94 valence electrons. The van der Waals surface area contributed by atoms with Crippen molar-refractivity contribution in [2.75, 3.05) is 45.9 Å². The monoisotopic (exact) mass is 249 g/mol. The fraction of sp³-hybridized carbons (Fsp3) is 1.00. The van der Waals surface area contributed by atoms with Crippen LogP contribution in [0.5, 0.6) is 0 Å². The molecule has 0 aliphatic carbocycles. The Hall–Kier alpha value is -0.210. The Balaban J connectivity index is 2.05. The number of morpholine rings is 1. The van der Waals surface area contributed by atoms with Crippen LogP contribution in [0.25, 0.3) is 0 Å². The molecule has 6 nitrogen and oxygen atoms in total. The van der Waals surface area contributed by atoms with Gasteiger partial charge in [-0.1, -0.05) is 0 Å². The molecule has 2 aliphatic heterocycles. The zero-order chi connectivity index (χ0) is 11.6. The van der Waals surface area contributed by atoms with Gasteiger partial charge in [0.2, 0.25) is 0 Å². The normalized spacial score (nSPS) is 30.4. The molecule has 0 bridgehead atoms. The molecule has 2 fully saturated rings. The molecule has 0 aromatic rings. The van der Waals surface area contributed by atoms with Crippen LogP contribution in [0.15, 0.2) is 0 Å². The maximum absolute atomic E-state index is 12.3. The smallest absolute Gasteiger partial charge is 0.282 e. The van der Waals surface area contributed by atoms with Gasteiger partial charge in [-0.25, -0.2) is 0 Å². The fourth-order valence-corrected chi connectivity index (χ4v) is 3.72. The summed E-state index contributed by atoms with van der Waals surface area (Å²) in [4.78, 5) is 0. The highest BCUT2D eigenvalue weighted by atomic mass is 32.2. The summed E-state index contributed by atoms with van der Waals surface area (Å²) >= 11 is 0. The molecule has 0 saturated carbocycles. The van der Waals surface area contributed by atoms with Gasteiger partial charge in [-0.05, 0) is 6.92 Å². The van der Waals surface area contributed by atoms with Gasteiger partial charge in [-0.3, -0.25) is 0 Å². The van der Waals surface area contributed by atoms with Crippen LogP contribution in [-0.2, 0) is 14.9 Å². The quantitative estimate of drug-likeness (QED) is 0.672. The molecule has 2 rings (SSSR count). The molecule has 7 heteroatoms. The second kappa shape index (κ2) is 4.97. The summed E-state index contributed by atoms with van der Waals surface area (Å²) in [5.74, 6) is 0. The lowest BCUT2D eigenvalue weighted by Gasteiger charge is -2.36. The van der Waals surface area contributed by atoms with Gasteiger partial charge in [0, 0.05) is 38.8 Å². The Kier molecular flexibility index (Phi) is 3.81. The minimum atomic E-state index is -3.27. The Morgan fingerprint density at radius 3 is 2.50 bits per heavy atom. The van der Waals surface area contributed by atoms with Crippen LogP contribution in [-0.4, -0.2) is 69.0 Å². The lowest BCUT2D eigenvalue weighted by Crippen LogP contribution is -2.56. The lowest BCUT2D eigenvalue weighted by molar-refractivity contribution is 0.0695. The van der Waals surface area contributed by atoms with Gasteiger partial charge in [0.1, 0.15) is 0 Å². The Morgan fingerprint density at radius 1 is 1.19 bits per heavy atom. The van der Waals surface area contributed by atoms with Crippen LogP contribution in [0.3, 0.4) is 0 Å². The van der Waals surface area contributed by atoms with Gasteiger partial charge in [0.05, 0.1) is 13.2 Å². The van der Waals surface area contributed by atoms with Crippen molar-refractivity contribution in [3.05, 3.63) is 0 Å². The summed E-state index contributed by atoms with van der Waals surface area (Å²) < 4.78 is 32.8. The highest BCUT2D eigenvalue weighted by Crippen LogP contribution is 2.13. The minimum absolute atomic E-state index is 0.226. The van der Waals surface area contributed by atoms with Crippen molar-refractivity contribution in [3.8, 4) is 0 Å². The second-order valence-electron chi connectivity index (χ2n) is 4.23. The SMILES string of the molecule is C[C@H]1CN(S(=O)(=O)N2CCOCC2)CCN1. The average molecular weight is 249 g/mol. The largest absolute Gasteiger partial charge is 0.379 e. The predicted octanol–water partition coefficient (Wildman–Crippen LogP) is -1.14. The third-order valence-electron chi connectivity index (χ3n) is 2.95. The molecular formula is C9H19N3O3S. The van der Waals surface area contributed by atoms with Gasteiger partial charge < -0.3 is 10.1 Å². The first-order valence-corrected chi connectivity index (χ1v) is 7.07. The second-order valence-corrected chi connectivity index (χ2v) is 6.16. The Bertz CT molecular complexity index is 327. The van der Waals surface area contributed by atoms with Crippen molar-refractivity contribution in [2.24, 2.45) is 0 Å². The molecule has 0 aromatic heterocycles. The highest BCUT2D eigenvalue weighted by molar-refractivity contribution is 7.86. The van der Waals surface area contributed by atoms with Gasteiger partial charge in [-0.15, -0.1) is 0 Å². The summed E-state index contributed by atoms with van der Waals surface area (Å²) in [5, 5.41) is 3.24. The van der Waals surface area contributed by atoms with Crippen LogP contribution in [0.2, 0.25) is 0 Å². The van der Waals surface area contributed by atoms with Crippen molar-refractivity contribution in [1.82, 2.24) is 13.9 Å². The first kappa shape index (κ1) is 12.3. The minimum Gasteiger partial charge on any atom is -0.379 e. The number of hydrogen-bond acceptors (Lipinski definition) is 4. The van der Waals surface area contributed by atoms with Gasteiger partial charge in [0.15, 0.2) is 0 Å². The summed E-state index contributed by atoms with van der Waals surface area (Å²) in [5.41, 5.74) is 0. The molecule has 1 atom stereocenters. The summed E-state index contributed by atoms with van der Waals surface area (Å²) in [7, 11) is -3.27. The van der Waals surface area contributed by atoms with E-state index in [-0.39, 0.29) is 6.04 Å². The standard InChI is InChI=1S/C9H19N3O3S/c1-9-8-12(3-2-10-9)16(13,14)11-4-6-15-7-5-11/h9-10H,2-8H2,1H3/t9-/m0/s1. The molecule has 0 unspecified atom stereocenters. The molecular weight excluding hydrogens is 230 g/mol. The molecule has 16 heavy (non-hydrogen) atoms. The first-order valence-electron chi connectivity index (χ1n) is 5.67. The Labute approximate surface area is 96.7 Å². The summed E-state index contributed by atoms with van der Waals surface area (Å²) in [6.07, 6.45) is 0. The summed E-state index contributed by atoms with van der Waals surface area (Å²) in [6.45, 7) is 5.79. The number of nitrogens with one attached hydrogen (secondary N) is 1. The molecule has 2 heterocycles. The van der Waals surface area contributed by atoms with E-state index in [0.29, 0.717) is 39.4 Å². The fourth-order valence-electron chi connectivity index (χ4n) is 2.05. The average Bonchev–Trinajstić information content (AvgIpc) is 2.30. The van der Waals surface area contributed by atoms with Crippen LogP contribution in [0.1, 0.15) is 6.92 Å². The van der Waals surface area contributed by atoms with E-state index in [1.807, 2.05) is 6.92 Å². The van der Waals surface area contributed by atoms with Crippen molar-refractivity contribution >= 4 is 10.2 Å². The van der Waals surface area contributed by atoms with E-state index < -0.39 is 10.2 Å². The van der Waals surface area contributed by atoms with Crippen molar-refractivity contribution in [2.45, 2.75) is 13.0 Å². The molecule has 0 radical (unpaired) electrons. The van der Waals surface area contributed by atoms with Gasteiger partial charge in [-0.2, -0.15) is 17.0 Å². The zero-order valence-corrected chi connectivity index (χ0v) is 10.4. The maximum Gasteiger partial charge on any atom is 0.282 e. The summed E-state index contributed by atoms with van der Waals surface area (Å²) in [6, 6.07) is 0.226. The van der Waals surface area contributed by atoms with Crippen molar-refractivity contribution < 1.29 is 13.2 Å². The number of ether oxygens (including phenoxy) is 1. The molecule has 0 aromatic carbocycles. The molecule has 2 aliphatic rings. The lowest BCUT2D eigenvalue weighted by atomic mass is 10.3. The molecule has 0 spiro atoms. The van der Waals surface area contributed by atoms with E-state index in [9.17, 15) is 8.42 Å². The predicted molar refractivity (Wildman–Crippen MR) is 60.3 cm³/mol. The number of piperazine rings is 1. The van der Waals surface area contributed by atoms with E-state index in [0.717, 1.165) is 6.54 Å². The van der Waals surface area contributed by atoms with Crippen LogP contribution in [0, 0.1) is 0 Å². The van der Waals surface area contributed by atoms with Gasteiger partial charge in [0.25, 0.3) is 10.2 Å². The maximum atomic E-state index is 12.3. The molecule has 2 saturated heterocycles. The van der Waals surface area contributed by atoms with E-state index in [1.54, 1.807) is 4.31 Å². The molecule has 1 N–H and O–H groups in total. The van der Waals surface area contributed by atoms with Crippen LogP contribution < -0.4 is 5.32 Å². The van der Waals surface area contributed by atoms with Crippen molar-refractivity contribution in [1.29, 1.82) is 0 Å². The molecule has 0 amide bonds. The number of hydrogen-bond donors (Lipinski definition) is 1. The zero-order valence-electron chi connectivity index (χ0n) is 9.55. The first-order chi connectivity index (χ1) is 7.60. The Morgan fingerprint density at radius 2 is 1.88 bits per heavy atom. The van der Waals surface area contributed by atoms with Crippen LogP contribution >= 0.6 is 0 Å². The third-order valence-corrected chi connectivity index (χ3v) is 4.96.